The van der Waals surface area contributed by atoms with Gasteiger partial charge in [0.1, 0.15) is 5.82 Å². The standard InChI is InChI=1S/C25H26FN7O3S2/c1-2-9-32-22(15-28-30-32)38(35,36)31-10-7-18-12-21-17(14-29-33(21)20-5-3-19(26)4-6-20)13-25(18,16-31)23(34)24-27-8-11-37-24/h3-6,8,11,14-15,18H,2,7,9-10,12-13,16H2,1H3. The highest BCUT2D eigenvalue weighted by atomic mass is 32.2. The lowest BCUT2D eigenvalue weighted by molar-refractivity contribution is 0.0398. The summed E-state index contributed by atoms with van der Waals surface area (Å²) in [5.41, 5.74) is 1.59. The van der Waals surface area contributed by atoms with Crippen molar-refractivity contribution < 1.29 is 17.6 Å². The van der Waals surface area contributed by atoms with E-state index in [9.17, 15) is 17.6 Å². The quantitative estimate of drug-likeness (QED) is 0.322. The minimum atomic E-state index is -3.94. The molecule has 2 atom stereocenters. The van der Waals surface area contributed by atoms with Crippen molar-refractivity contribution in [3.8, 4) is 5.69 Å². The summed E-state index contributed by atoms with van der Waals surface area (Å²) in [5.74, 6) is -0.586. The first kappa shape index (κ1) is 25.0. The number of aromatic nitrogens is 6. The molecule has 1 fully saturated rings. The Balaban J connectivity index is 1.41. The topological polar surface area (TPSA) is 116 Å². The van der Waals surface area contributed by atoms with Crippen LogP contribution in [0, 0.1) is 17.2 Å². The average molecular weight is 556 g/mol. The fraction of sp³-hybridized carbons (Fsp3) is 0.400. The summed E-state index contributed by atoms with van der Waals surface area (Å²) in [5, 5.41) is 14.5. The van der Waals surface area contributed by atoms with Crippen LogP contribution in [0.4, 0.5) is 4.39 Å². The second-order valence-electron chi connectivity index (χ2n) is 9.83. The van der Waals surface area contributed by atoms with Crippen LogP contribution in [0.3, 0.4) is 0 Å². The number of carbonyl (C=O) groups is 1. The largest absolute Gasteiger partial charge is 0.291 e. The molecule has 0 bridgehead atoms. The van der Waals surface area contributed by atoms with Gasteiger partial charge in [0.2, 0.25) is 0 Å². The monoisotopic (exact) mass is 555 g/mol. The molecule has 2 unspecified atom stereocenters. The van der Waals surface area contributed by atoms with Crippen LogP contribution in [0.25, 0.3) is 5.69 Å². The number of piperidine rings is 1. The van der Waals surface area contributed by atoms with Gasteiger partial charge in [0.15, 0.2) is 15.8 Å². The lowest BCUT2D eigenvalue weighted by Gasteiger charge is -2.48. The van der Waals surface area contributed by atoms with Gasteiger partial charge < -0.3 is 0 Å². The van der Waals surface area contributed by atoms with Crippen molar-refractivity contribution in [3.05, 3.63) is 70.3 Å². The van der Waals surface area contributed by atoms with E-state index in [-0.39, 0.29) is 35.6 Å². The van der Waals surface area contributed by atoms with E-state index in [1.165, 1.54) is 38.7 Å². The Bertz CT molecular complexity index is 1580. The van der Waals surface area contributed by atoms with E-state index in [4.69, 9.17) is 0 Å². The SMILES string of the molecule is CCCn1nncc1S(=O)(=O)N1CCC2Cc3c(cnn3-c3ccc(F)cc3)CC2(C(=O)c2nccs2)C1. The summed E-state index contributed by atoms with van der Waals surface area (Å²) in [4.78, 5) is 18.4. The molecule has 0 amide bonds. The smallest absolute Gasteiger partial charge is 0.261 e. The minimum Gasteiger partial charge on any atom is -0.291 e. The highest BCUT2D eigenvalue weighted by molar-refractivity contribution is 7.89. The maximum absolute atomic E-state index is 14.1. The molecule has 198 valence electrons. The van der Waals surface area contributed by atoms with Crippen molar-refractivity contribution in [2.24, 2.45) is 11.3 Å². The first-order chi connectivity index (χ1) is 18.3. The molecule has 0 saturated carbocycles. The summed E-state index contributed by atoms with van der Waals surface area (Å²) in [6, 6.07) is 6.13. The van der Waals surface area contributed by atoms with E-state index in [0.717, 1.165) is 16.9 Å². The Morgan fingerprint density at radius 1 is 1.24 bits per heavy atom. The first-order valence-corrected chi connectivity index (χ1v) is 14.8. The molecule has 3 aromatic heterocycles. The van der Waals surface area contributed by atoms with Gasteiger partial charge >= 0.3 is 0 Å². The fourth-order valence-corrected chi connectivity index (χ4v) is 8.05. The van der Waals surface area contributed by atoms with Crippen molar-refractivity contribution in [1.82, 2.24) is 34.1 Å². The number of Topliss-reactive ketones (excluding diaryl/α,β-unsaturated/α-hetero) is 1. The van der Waals surface area contributed by atoms with Gasteiger partial charge in [-0.1, -0.05) is 12.1 Å². The van der Waals surface area contributed by atoms with E-state index >= 15 is 0 Å². The highest BCUT2D eigenvalue weighted by Gasteiger charge is 2.55. The molecule has 1 aliphatic carbocycles. The molecule has 10 nitrogen and oxygen atoms in total. The van der Waals surface area contributed by atoms with Crippen LogP contribution in [0.15, 0.2) is 53.3 Å². The lowest BCUT2D eigenvalue weighted by Crippen LogP contribution is -2.57. The lowest BCUT2D eigenvalue weighted by atomic mass is 9.61. The van der Waals surface area contributed by atoms with Crippen molar-refractivity contribution in [2.75, 3.05) is 13.1 Å². The zero-order valence-electron chi connectivity index (χ0n) is 20.7. The van der Waals surface area contributed by atoms with Crippen LogP contribution < -0.4 is 0 Å². The van der Waals surface area contributed by atoms with Gasteiger partial charge in [-0.05, 0) is 61.4 Å². The number of carbonyl (C=O) groups excluding carboxylic acids is 1. The van der Waals surface area contributed by atoms with Crippen LogP contribution in [0.1, 0.15) is 40.8 Å². The van der Waals surface area contributed by atoms with Gasteiger partial charge in [-0.3, -0.25) is 4.79 Å². The maximum atomic E-state index is 14.1. The molecule has 2 aliphatic rings. The first-order valence-electron chi connectivity index (χ1n) is 12.5. The van der Waals surface area contributed by atoms with Crippen LogP contribution in [-0.4, -0.2) is 61.4 Å². The van der Waals surface area contributed by atoms with E-state index in [0.29, 0.717) is 37.2 Å². The van der Waals surface area contributed by atoms with Crippen LogP contribution in [0.5, 0.6) is 0 Å². The normalized spacial score (nSPS) is 21.7. The van der Waals surface area contributed by atoms with Crippen molar-refractivity contribution >= 4 is 27.1 Å². The molecule has 13 heteroatoms. The summed E-state index contributed by atoms with van der Waals surface area (Å²) in [6.45, 7) is 2.69. The number of aryl methyl sites for hydroxylation is 1. The number of ketones is 1. The van der Waals surface area contributed by atoms with Crippen molar-refractivity contribution in [1.29, 1.82) is 0 Å². The molecule has 0 radical (unpaired) electrons. The average Bonchev–Trinajstić information content (AvgIpc) is 3.69. The Kier molecular flexibility index (Phi) is 6.23. The van der Waals surface area contributed by atoms with Crippen LogP contribution in [0.2, 0.25) is 0 Å². The summed E-state index contributed by atoms with van der Waals surface area (Å²) in [7, 11) is -3.94. The number of thiazole rings is 1. The number of hydrogen-bond acceptors (Lipinski definition) is 8. The third kappa shape index (κ3) is 4.00. The number of hydrogen-bond donors (Lipinski definition) is 0. The molecule has 4 aromatic rings. The Morgan fingerprint density at radius 2 is 2.05 bits per heavy atom. The molecule has 38 heavy (non-hydrogen) atoms. The van der Waals surface area contributed by atoms with Gasteiger partial charge in [0.05, 0.1) is 23.5 Å². The number of rotatable bonds is 7. The van der Waals surface area contributed by atoms with Gasteiger partial charge in [-0.15, -0.1) is 16.4 Å². The molecule has 0 N–H and O–H groups in total. The Morgan fingerprint density at radius 3 is 2.79 bits per heavy atom. The van der Waals surface area contributed by atoms with Crippen LogP contribution in [-0.2, 0) is 29.4 Å². The number of fused-ring (bicyclic) bond motifs is 2. The van der Waals surface area contributed by atoms with E-state index in [2.05, 4.69) is 20.4 Å². The van der Waals surface area contributed by atoms with E-state index < -0.39 is 15.4 Å². The predicted molar refractivity (Wildman–Crippen MR) is 137 cm³/mol. The summed E-state index contributed by atoms with van der Waals surface area (Å²) >= 11 is 1.27. The molecular weight excluding hydrogens is 529 g/mol. The van der Waals surface area contributed by atoms with Crippen molar-refractivity contribution in [3.63, 3.8) is 0 Å². The predicted octanol–water partition coefficient (Wildman–Crippen LogP) is 3.15. The number of nitrogens with zero attached hydrogens (tertiary/aromatic N) is 7. The molecule has 6 rings (SSSR count). The second-order valence-corrected chi connectivity index (χ2v) is 12.6. The van der Waals surface area contributed by atoms with Gasteiger partial charge in [0, 0.05) is 36.9 Å². The van der Waals surface area contributed by atoms with Gasteiger partial charge in [-0.25, -0.2) is 27.2 Å². The third-order valence-electron chi connectivity index (χ3n) is 7.64. The molecule has 1 aliphatic heterocycles. The zero-order chi connectivity index (χ0) is 26.5. The number of halogens is 1. The molecule has 4 heterocycles. The molecule has 1 aromatic carbocycles. The summed E-state index contributed by atoms with van der Waals surface area (Å²) < 4.78 is 45.7. The third-order valence-corrected chi connectivity index (χ3v) is 10.2. The Labute approximate surface area is 223 Å². The number of benzene rings is 1. The zero-order valence-corrected chi connectivity index (χ0v) is 22.3. The Hall–Kier alpha value is -3.29. The molecular formula is C25H26FN7O3S2. The van der Waals surface area contributed by atoms with Crippen molar-refractivity contribution in [2.45, 2.75) is 44.2 Å². The fourth-order valence-electron chi connectivity index (χ4n) is 5.79. The highest BCUT2D eigenvalue weighted by Crippen LogP contribution is 2.48. The molecule has 0 spiro atoms. The number of sulfonamides is 1. The maximum Gasteiger partial charge on any atom is 0.261 e. The summed E-state index contributed by atoms with van der Waals surface area (Å²) in [6.07, 6.45) is 6.70. The van der Waals surface area contributed by atoms with E-state index in [1.807, 2.05) is 6.92 Å². The molecule has 1 saturated heterocycles. The van der Waals surface area contributed by atoms with Gasteiger partial charge in [0.25, 0.3) is 10.0 Å². The minimum absolute atomic E-state index is 0.0373. The second kappa shape index (κ2) is 9.47. The van der Waals surface area contributed by atoms with E-state index in [1.54, 1.807) is 34.6 Å². The van der Waals surface area contributed by atoms with Crippen LogP contribution >= 0.6 is 11.3 Å². The van der Waals surface area contributed by atoms with Gasteiger partial charge in [-0.2, -0.15) is 9.40 Å².